The molecule has 0 aliphatic heterocycles. The quantitative estimate of drug-likeness (QED) is 0.104. The van der Waals surface area contributed by atoms with Crippen LogP contribution < -0.4 is 10.2 Å². The molecule has 0 N–H and O–H groups in total. The molecule has 0 bridgehead atoms. The molecular formula is C26H50MgO6. The second-order valence-corrected chi connectivity index (χ2v) is 8.56. The Morgan fingerprint density at radius 1 is 0.455 bits per heavy atom. The Morgan fingerprint density at radius 3 is 0.879 bits per heavy atom. The smallest absolute Gasteiger partial charge is 0.550 e. The predicted molar refractivity (Wildman–Crippen MR) is 132 cm³/mol. The molecule has 0 spiro atoms. The molecule has 0 fully saturated rings. The minimum absolute atomic E-state index is 0. The number of hydrogen-bond donors (Lipinski definition) is 0. The van der Waals surface area contributed by atoms with E-state index in [2.05, 4.69) is 23.3 Å². The van der Waals surface area contributed by atoms with Gasteiger partial charge >= 0.3 is 23.1 Å². The monoisotopic (exact) mass is 482 g/mol. The minimum Gasteiger partial charge on any atom is -0.550 e. The average Bonchev–Trinajstić information content (AvgIpc) is 2.76. The van der Waals surface area contributed by atoms with Crippen LogP contribution >= 0.6 is 0 Å². The van der Waals surface area contributed by atoms with Crippen LogP contribution in [0, 0.1) is 0 Å². The van der Waals surface area contributed by atoms with Gasteiger partial charge in [0.1, 0.15) is 0 Å². The van der Waals surface area contributed by atoms with Crippen molar-refractivity contribution in [2.45, 2.75) is 142 Å². The van der Waals surface area contributed by atoms with E-state index < -0.39 is 12.3 Å². The van der Waals surface area contributed by atoms with E-state index in [1.54, 1.807) is 0 Å². The molecule has 0 heterocycles. The first-order valence-electron chi connectivity index (χ1n) is 13.2. The van der Waals surface area contributed by atoms with Gasteiger partial charge in [-0.25, -0.2) is 0 Å². The topological polar surface area (TPSA) is 98.7 Å². The van der Waals surface area contributed by atoms with Crippen molar-refractivity contribution in [2.24, 2.45) is 0 Å². The normalized spacial score (nSPS) is 10.0. The molecule has 7 heteroatoms. The third-order valence-corrected chi connectivity index (χ3v) is 5.44. The fraction of sp³-hybridized carbons (Fsp3) is 0.923. The molecule has 0 saturated carbocycles. The van der Waals surface area contributed by atoms with Gasteiger partial charge in [0.2, 0.25) is 0 Å². The minimum atomic E-state index is -1.41. The first-order valence-corrected chi connectivity index (χ1v) is 13.2. The molecule has 0 amide bonds. The fourth-order valence-corrected chi connectivity index (χ4v) is 3.49. The van der Waals surface area contributed by atoms with E-state index in [-0.39, 0.29) is 23.1 Å². The first-order chi connectivity index (χ1) is 15.5. The van der Waals surface area contributed by atoms with E-state index in [0.29, 0.717) is 13.2 Å². The van der Waals surface area contributed by atoms with Crippen LogP contribution in [0.3, 0.4) is 0 Å². The van der Waals surface area contributed by atoms with Crippen LogP contribution in [0.25, 0.3) is 0 Å². The Morgan fingerprint density at radius 2 is 0.667 bits per heavy atom. The van der Waals surface area contributed by atoms with Crippen molar-refractivity contribution in [3.8, 4) is 0 Å². The molecule has 0 radical (unpaired) electrons. The first kappa shape index (κ1) is 36.9. The molecule has 0 aromatic carbocycles. The Bertz CT molecular complexity index is 357. The number of unbranched alkanes of at least 4 members (excludes halogenated alkanes) is 18. The Balaban J connectivity index is -0.000000529. The van der Waals surface area contributed by atoms with Crippen molar-refractivity contribution < 1.29 is 29.3 Å². The van der Waals surface area contributed by atoms with Crippen LogP contribution in [0.2, 0.25) is 0 Å². The molecule has 0 aliphatic carbocycles. The number of carbonyl (C=O) groups is 2. The number of carbonyl (C=O) groups excluding carboxylic acids is 2. The van der Waals surface area contributed by atoms with E-state index in [1.807, 2.05) is 0 Å². The van der Waals surface area contributed by atoms with Crippen molar-refractivity contribution in [1.82, 2.24) is 0 Å². The number of ether oxygens (including phenoxy) is 2. The molecule has 0 unspecified atom stereocenters. The van der Waals surface area contributed by atoms with Gasteiger partial charge in [0.15, 0.2) is 0 Å². The van der Waals surface area contributed by atoms with E-state index in [9.17, 15) is 19.8 Å². The van der Waals surface area contributed by atoms with E-state index in [1.165, 1.54) is 103 Å². The number of carboxylic acid groups (broad SMARTS) is 2. The maximum atomic E-state index is 9.93. The zero-order valence-corrected chi connectivity index (χ0v) is 23.1. The third kappa shape index (κ3) is 42.0. The third-order valence-electron chi connectivity index (χ3n) is 5.44. The molecule has 33 heavy (non-hydrogen) atoms. The molecule has 0 aromatic heterocycles. The molecule has 0 rings (SSSR count). The van der Waals surface area contributed by atoms with E-state index in [4.69, 9.17) is 0 Å². The van der Waals surface area contributed by atoms with Crippen LogP contribution in [-0.4, -0.2) is 48.6 Å². The van der Waals surface area contributed by atoms with Gasteiger partial charge in [-0.05, 0) is 12.8 Å². The maximum absolute atomic E-state index is 9.93. The molecule has 192 valence electrons. The van der Waals surface area contributed by atoms with Crippen molar-refractivity contribution in [3.63, 3.8) is 0 Å². The van der Waals surface area contributed by atoms with Crippen molar-refractivity contribution in [2.75, 3.05) is 13.2 Å². The zero-order valence-electron chi connectivity index (χ0n) is 21.7. The summed E-state index contributed by atoms with van der Waals surface area (Å²) in [5.74, 6) is 0. The largest absolute Gasteiger partial charge is 2.00 e. The van der Waals surface area contributed by atoms with Gasteiger partial charge in [-0.2, -0.15) is 0 Å². The van der Waals surface area contributed by atoms with Crippen LogP contribution in [0.15, 0.2) is 0 Å². The van der Waals surface area contributed by atoms with Crippen LogP contribution in [0.5, 0.6) is 0 Å². The molecule has 0 saturated heterocycles. The summed E-state index contributed by atoms with van der Waals surface area (Å²) in [5, 5.41) is 19.9. The van der Waals surface area contributed by atoms with Gasteiger partial charge in [-0.3, -0.25) is 0 Å². The second kappa shape index (κ2) is 33.5. The summed E-state index contributed by atoms with van der Waals surface area (Å²) in [6, 6.07) is 0. The van der Waals surface area contributed by atoms with Crippen molar-refractivity contribution in [3.05, 3.63) is 0 Å². The fourth-order valence-electron chi connectivity index (χ4n) is 3.49. The zero-order chi connectivity index (χ0) is 24.1. The molecular weight excluding hydrogens is 433 g/mol. The second-order valence-electron chi connectivity index (χ2n) is 8.56. The molecule has 0 aromatic rings. The van der Waals surface area contributed by atoms with Crippen molar-refractivity contribution >= 4 is 35.4 Å². The number of hydrogen-bond acceptors (Lipinski definition) is 6. The van der Waals surface area contributed by atoms with Gasteiger partial charge in [0, 0.05) is 13.2 Å². The van der Waals surface area contributed by atoms with E-state index in [0.717, 1.165) is 25.7 Å². The molecule has 0 aliphatic rings. The van der Waals surface area contributed by atoms with Crippen LogP contribution in [0.1, 0.15) is 142 Å². The SMILES string of the molecule is CCCCCCCCCCCCOC(=O)[O-].CCCCCCCCCCCCOC(=O)[O-].[Mg+2]. The van der Waals surface area contributed by atoms with Gasteiger partial charge in [0.25, 0.3) is 12.3 Å². The van der Waals surface area contributed by atoms with Crippen LogP contribution in [-0.2, 0) is 9.47 Å². The van der Waals surface area contributed by atoms with Gasteiger partial charge < -0.3 is 29.3 Å². The summed E-state index contributed by atoms with van der Waals surface area (Å²) < 4.78 is 8.64. The summed E-state index contributed by atoms with van der Waals surface area (Å²) >= 11 is 0. The predicted octanol–water partition coefficient (Wildman–Crippen LogP) is 6.15. The summed E-state index contributed by atoms with van der Waals surface area (Å²) in [7, 11) is 0. The van der Waals surface area contributed by atoms with Crippen molar-refractivity contribution in [1.29, 1.82) is 0 Å². The molecule has 6 nitrogen and oxygen atoms in total. The van der Waals surface area contributed by atoms with Gasteiger partial charge in [-0.15, -0.1) is 0 Å². The van der Waals surface area contributed by atoms with Crippen LogP contribution in [0.4, 0.5) is 9.59 Å². The Hall–Kier alpha value is -0.694. The Kier molecular flexibility index (Phi) is 37.4. The maximum Gasteiger partial charge on any atom is 2.00 e. The Labute approximate surface area is 219 Å². The van der Waals surface area contributed by atoms with Gasteiger partial charge in [-0.1, -0.05) is 129 Å². The number of rotatable bonds is 22. The summed E-state index contributed by atoms with van der Waals surface area (Å²) in [6.45, 7) is 5.04. The summed E-state index contributed by atoms with van der Waals surface area (Å²) in [5.41, 5.74) is 0. The summed E-state index contributed by atoms with van der Waals surface area (Å²) in [6.07, 6.45) is 21.9. The summed E-state index contributed by atoms with van der Waals surface area (Å²) in [4.78, 5) is 19.9. The molecule has 0 atom stereocenters. The average molecular weight is 483 g/mol. The van der Waals surface area contributed by atoms with E-state index >= 15 is 0 Å². The standard InChI is InChI=1S/2C13H26O3.Mg/c2*1-2-3-4-5-6-7-8-9-10-11-12-16-13(14)15;/h2*2-12H2,1H3,(H,14,15);/q;;+2/p-2. The van der Waals surface area contributed by atoms with Gasteiger partial charge in [0.05, 0.1) is 0 Å².